The summed E-state index contributed by atoms with van der Waals surface area (Å²) < 4.78 is 0. The summed E-state index contributed by atoms with van der Waals surface area (Å²) in [6, 6.07) is 8.40. The molecule has 3 aliphatic rings. The van der Waals surface area contributed by atoms with Gasteiger partial charge in [0, 0.05) is 37.3 Å². The highest BCUT2D eigenvalue weighted by Crippen LogP contribution is 2.65. The van der Waals surface area contributed by atoms with Gasteiger partial charge in [-0.25, -0.2) is 0 Å². The van der Waals surface area contributed by atoms with E-state index in [1.807, 2.05) is 4.90 Å². The summed E-state index contributed by atoms with van der Waals surface area (Å²) in [6.45, 7) is 11.7. The minimum absolute atomic E-state index is 0.0621. The molecule has 0 radical (unpaired) electrons. The number of Topliss-reactive ketones (excluding diaryl/α,β-unsaturated/α-hetero) is 1. The van der Waals surface area contributed by atoms with E-state index in [0.717, 1.165) is 25.9 Å². The Labute approximate surface area is 156 Å². The van der Waals surface area contributed by atoms with Crippen molar-refractivity contribution in [2.45, 2.75) is 40.5 Å². The Hall–Kier alpha value is -1.84. The molecule has 0 aromatic heterocycles. The molecule has 4 heteroatoms. The molecule has 2 aliphatic carbocycles. The number of hydrogen-bond acceptors (Lipinski definition) is 3. The third-order valence-corrected chi connectivity index (χ3v) is 7.85. The molecule has 2 saturated carbocycles. The van der Waals surface area contributed by atoms with Crippen molar-refractivity contribution in [3.05, 3.63) is 29.8 Å². The Morgan fingerprint density at radius 1 is 1.08 bits per heavy atom. The molecule has 4 rings (SSSR count). The fraction of sp³-hybridized carbons (Fsp3) is 0.636. The van der Waals surface area contributed by atoms with Gasteiger partial charge in [0.2, 0.25) is 5.91 Å². The Morgan fingerprint density at radius 2 is 1.73 bits per heavy atom. The zero-order chi connectivity index (χ0) is 18.7. The molecular formula is C22H30N2O2. The first-order valence-electron chi connectivity index (χ1n) is 9.91. The average Bonchev–Trinajstić information content (AvgIpc) is 2.94. The lowest BCUT2D eigenvalue weighted by atomic mass is 9.70. The van der Waals surface area contributed by atoms with Crippen LogP contribution in [0.3, 0.4) is 0 Å². The van der Waals surface area contributed by atoms with Crippen molar-refractivity contribution >= 4 is 17.4 Å². The molecule has 3 fully saturated rings. The smallest absolute Gasteiger partial charge is 0.233 e. The number of fused-ring (bicyclic) bond motifs is 2. The zero-order valence-corrected chi connectivity index (χ0v) is 16.4. The first-order valence-corrected chi connectivity index (χ1v) is 9.91. The number of rotatable bonds is 2. The van der Waals surface area contributed by atoms with E-state index in [1.54, 1.807) is 0 Å². The first-order chi connectivity index (χ1) is 12.3. The number of anilines is 1. The van der Waals surface area contributed by atoms with Gasteiger partial charge in [0.05, 0.1) is 0 Å². The summed E-state index contributed by atoms with van der Waals surface area (Å²) >= 11 is 0. The van der Waals surface area contributed by atoms with E-state index in [9.17, 15) is 9.59 Å². The van der Waals surface area contributed by atoms with Crippen LogP contribution >= 0.6 is 0 Å². The molecule has 1 aliphatic heterocycles. The van der Waals surface area contributed by atoms with Crippen LogP contribution in [0.15, 0.2) is 24.3 Å². The van der Waals surface area contributed by atoms with E-state index in [0.29, 0.717) is 13.1 Å². The van der Waals surface area contributed by atoms with Crippen molar-refractivity contribution in [2.24, 2.45) is 22.7 Å². The summed E-state index contributed by atoms with van der Waals surface area (Å²) in [6.07, 6.45) is 1.95. The topological polar surface area (TPSA) is 40.6 Å². The molecule has 26 heavy (non-hydrogen) atoms. The molecule has 1 saturated heterocycles. The van der Waals surface area contributed by atoms with Crippen LogP contribution in [-0.4, -0.2) is 42.8 Å². The summed E-state index contributed by atoms with van der Waals surface area (Å²) in [7, 11) is 0. The Bertz CT molecular complexity index is 748. The third-order valence-electron chi connectivity index (χ3n) is 7.85. The van der Waals surface area contributed by atoms with Crippen molar-refractivity contribution in [2.75, 3.05) is 31.1 Å². The van der Waals surface area contributed by atoms with Crippen LogP contribution in [0.5, 0.6) is 0 Å². The van der Waals surface area contributed by atoms with Gasteiger partial charge in [-0.05, 0) is 42.7 Å². The average molecular weight is 354 g/mol. The molecule has 2 bridgehead atoms. The Kier molecular flexibility index (Phi) is 3.94. The van der Waals surface area contributed by atoms with E-state index >= 15 is 0 Å². The van der Waals surface area contributed by atoms with Gasteiger partial charge in [0.25, 0.3) is 0 Å². The Balaban J connectivity index is 1.47. The number of ketones is 1. The second-order valence-corrected chi connectivity index (χ2v) is 9.14. The van der Waals surface area contributed by atoms with Gasteiger partial charge < -0.3 is 9.80 Å². The van der Waals surface area contributed by atoms with E-state index in [-0.39, 0.29) is 28.4 Å². The number of carbonyl (C=O) groups is 2. The number of para-hydroxylation sites is 1. The highest BCUT2D eigenvalue weighted by Gasteiger charge is 2.68. The van der Waals surface area contributed by atoms with Gasteiger partial charge in [0.1, 0.15) is 5.92 Å². The number of benzene rings is 1. The fourth-order valence-corrected chi connectivity index (χ4v) is 5.65. The second-order valence-electron chi connectivity index (χ2n) is 9.14. The summed E-state index contributed by atoms with van der Waals surface area (Å²) in [5, 5.41) is 0. The normalized spacial score (nSPS) is 33.0. The second kappa shape index (κ2) is 5.83. The van der Waals surface area contributed by atoms with Crippen molar-refractivity contribution < 1.29 is 9.59 Å². The number of amides is 1. The van der Waals surface area contributed by atoms with Crippen molar-refractivity contribution in [3.63, 3.8) is 0 Å². The molecule has 1 aromatic carbocycles. The summed E-state index contributed by atoms with van der Waals surface area (Å²) in [5.74, 6) is 0.0849. The Morgan fingerprint density at radius 3 is 2.31 bits per heavy atom. The van der Waals surface area contributed by atoms with Gasteiger partial charge in [-0.2, -0.15) is 0 Å². The monoisotopic (exact) mass is 354 g/mol. The van der Waals surface area contributed by atoms with Crippen LogP contribution in [0.2, 0.25) is 0 Å². The van der Waals surface area contributed by atoms with Crippen LogP contribution in [0, 0.1) is 29.6 Å². The minimum Gasteiger partial charge on any atom is -0.368 e. The van der Waals surface area contributed by atoms with Crippen LogP contribution < -0.4 is 4.90 Å². The van der Waals surface area contributed by atoms with E-state index in [4.69, 9.17) is 0 Å². The van der Waals surface area contributed by atoms with Crippen molar-refractivity contribution in [1.82, 2.24) is 4.90 Å². The van der Waals surface area contributed by atoms with Gasteiger partial charge in [-0.1, -0.05) is 39.0 Å². The van der Waals surface area contributed by atoms with E-state index in [2.05, 4.69) is 56.9 Å². The minimum atomic E-state index is -0.409. The van der Waals surface area contributed by atoms with Crippen molar-refractivity contribution in [3.8, 4) is 0 Å². The lowest BCUT2D eigenvalue weighted by molar-refractivity contribution is -0.145. The molecule has 0 N–H and O–H groups in total. The van der Waals surface area contributed by atoms with Gasteiger partial charge >= 0.3 is 0 Å². The molecule has 0 unspecified atom stereocenters. The number of carbonyl (C=O) groups excluding carboxylic acids is 2. The molecule has 4 nitrogen and oxygen atoms in total. The van der Waals surface area contributed by atoms with Crippen LogP contribution in [0.4, 0.5) is 5.69 Å². The fourth-order valence-electron chi connectivity index (χ4n) is 5.65. The van der Waals surface area contributed by atoms with Crippen LogP contribution in [0.25, 0.3) is 0 Å². The van der Waals surface area contributed by atoms with Gasteiger partial charge in [0.15, 0.2) is 5.78 Å². The third kappa shape index (κ3) is 2.27. The summed E-state index contributed by atoms with van der Waals surface area (Å²) in [5.41, 5.74) is 2.14. The van der Waals surface area contributed by atoms with Gasteiger partial charge in [-0.3, -0.25) is 9.59 Å². The molecule has 1 aromatic rings. The molecule has 0 spiro atoms. The van der Waals surface area contributed by atoms with E-state index in [1.165, 1.54) is 11.3 Å². The molecule has 1 heterocycles. The molecule has 140 valence electrons. The maximum absolute atomic E-state index is 13.2. The lowest BCUT2D eigenvalue weighted by Gasteiger charge is -2.38. The molecular weight excluding hydrogens is 324 g/mol. The van der Waals surface area contributed by atoms with Crippen molar-refractivity contribution in [1.29, 1.82) is 0 Å². The predicted octanol–water partition coefficient (Wildman–Crippen LogP) is 3.29. The predicted molar refractivity (Wildman–Crippen MR) is 103 cm³/mol. The number of nitrogens with zero attached hydrogens (tertiary/aromatic N) is 2. The molecule has 3 atom stereocenters. The number of hydrogen-bond donors (Lipinski definition) is 0. The lowest BCUT2D eigenvalue weighted by Crippen LogP contribution is -2.52. The maximum Gasteiger partial charge on any atom is 0.233 e. The van der Waals surface area contributed by atoms with Gasteiger partial charge in [-0.15, -0.1) is 0 Å². The summed E-state index contributed by atoms with van der Waals surface area (Å²) in [4.78, 5) is 30.6. The maximum atomic E-state index is 13.2. The van der Waals surface area contributed by atoms with Crippen LogP contribution in [-0.2, 0) is 9.59 Å². The first kappa shape index (κ1) is 17.6. The zero-order valence-electron chi connectivity index (χ0n) is 16.4. The highest BCUT2D eigenvalue weighted by atomic mass is 16.2. The standard InChI is InChI=1S/C22H30N2O2/c1-15-7-5-6-8-17(15)23-11-13-24(14-12-23)20(26)18-16-9-10-22(4,19(18)25)21(16,2)3/h5-8,16,18H,9-14H2,1-4H3/t16-,18+,22+/m1/s1. The molecule has 1 amide bonds. The largest absolute Gasteiger partial charge is 0.368 e. The highest BCUT2D eigenvalue weighted by molar-refractivity contribution is 6.07. The SMILES string of the molecule is Cc1ccccc1N1CCN(C(=O)[C@@H]2C(=O)[C@]3(C)CC[C@H]2C3(C)C)CC1. The quantitative estimate of drug-likeness (QED) is 0.765. The number of aryl methyl sites for hydroxylation is 1. The van der Waals surface area contributed by atoms with Crippen LogP contribution in [0.1, 0.15) is 39.2 Å². The number of piperazine rings is 1. The van der Waals surface area contributed by atoms with E-state index < -0.39 is 5.92 Å².